The van der Waals surface area contributed by atoms with Crippen LogP contribution in [0.2, 0.25) is 0 Å². The van der Waals surface area contributed by atoms with E-state index in [2.05, 4.69) is 0 Å². The molecule has 0 atom stereocenters. The van der Waals surface area contributed by atoms with Crippen molar-refractivity contribution in [2.75, 3.05) is 39.3 Å². The third kappa shape index (κ3) is 98.5. The molecule has 0 aromatic rings. The fourth-order valence-corrected chi connectivity index (χ4v) is 1.48. The molecule has 0 bridgehead atoms. The Balaban J connectivity index is -0.0000000880. The minimum absolute atomic E-state index is 0. The fraction of sp³-hybridized carbons (Fsp3) is 0.600. The van der Waals surface area contributed by atoms with Crippen molar-refractivity contribution in [1.82, 2.24) is 9.80 Å². The molecular formula is C10H22KN2Na2O20P3. The Morgan fingerprint density at radius 1 is 0.500 bits per heavy atom. The zero-order valence-electron chi connectivity index (χ0n) is 20.0. The molecule has 0 aliphatic carbocycles. The normalized spacial score (nSPS) is 10.3. The van der Waals surface area contributed by atoms with Crippen LogP contribution in [0.1, 0.15) is 0 Å². The molecule has 0 aromatic heterocycles. The van der Waals surface area contributed by atoms with Gasteiger partial charge in [-0.15, -0.1) is 0 Å². The van der Waals surface area contributed by atoms with Gasteiger partial charge in [0.1, 0.15) is 0 Å². The van der Waals surface area contributed by atoms with Crippen LogP contribution in [0.15, 0.2) is 0 Å². The molecular weight excluding hydrogens is 646 g/mol. The summed E-state index contributed by atoms with van der Waals surface area (Å²) in [6.07, 6.45) is 0. The number of carbonyl (C=O) groups is 4. The minimum atomic E-state index is -4.89. The van der Waals surface area contributed by atoms with Gasteiger partial charge in [0.25, 0.3) is 23.5 Å². The molecule has 38 heavy (non-hydrogen) atoms. The van der Waals surface area contributed by atoms with E-state index in [4.69, 9.17) is 78.2 Å². The first-order chi connectivity index (χ1) is 15.2. The van der Waals surface area contributed by atoms with Crippen molar-refractivity contribution < 1.29 is 208 Å². The molecule has 10 N–H and O–H groups in total. The van der Waals surface area contributed by atoms with E-state index in [0.29, 0.717) is 0 Å². The third-order valence-electron chi connectivity index (χ3n) is 2.17. The van der Waals surface area contributed by atoms with Crippen molar-refractivity contribution in [2.45, 2.75) is 0 Å². The summed E-state index contributed by atoms with van der Waals surface area (Å²) in [4.78, 5) is 113. The van der Waals surface area contributed by atoms with Crippen LogP contribution < -0.4 is 125 Å². The molecule has 0 aliphatic heterocycles. The van der Waals surface area contributed by atoms with Gasteiger partial charge in [-0.3, -0.25) is 42.7 Å². The average molecular weight is 668 g/mol. The quantitative estimate of drug-likeness (QED) is 0.0721. The van der Waals surface area contributed by atoms with E-state index in [9.17, 15) is 19.2 Å². The van der Waals surface area contributed by atoms with Gasteiger partial charge in [-0.1, -0.05) is 0 Å². The maximum Gasteiger partial charge on any atom is 1.00 e. The van der Waals surface area contributed by atoms with E-state index in [1.807, 2.05) is 0 Å². The second-order valence-corrected chi connectivity index (χ2v) is 8.41. The molecule has 22 nitrogen and oxygen atoms in total. The number of aliphatic carboxylic acids is 4. The van der Waals surface area contributed by atoms with Gasteiger partial charge in [-0.25, -0.2) is 0 Å². The minimum Gasteiger partial charge on any atom is -0.756 e. The van der Waals surface area contributed by atoms with E-state index in [1.165, 1.54) is 0 Å². The van der Waals surface area contributed by atoms with Crippen molar-refractivity contribution >= 4 is 47.3 Å². The number of carboxylic acids is 4. The number of nitrogens with zero attached hydrogens (tertiary/aromatic N) is 2. The van der Waals surface area contributed by atoms with Crippen LogP contribution in [-0.4, -0.2) is 123 Å². The van der Waals surface area contributed by atoms with E-state index in [1.54, 1.807) is 0 Å². The standard InChI is InChI=1S/C10H16N2O8.K.2Na.3H3O4P/c13-7(14)3-11(4-8(15)16)1-2-12(5-9(17)18)6-10(19)20;;;;3*1-5(2,3)4/h1-6H2,(H,13,14)(H,15,16)(H,17,18)(H,19,20);;;;3*(H3,1,2,3,4)/q;3*+1;;;/p-3. The zero-order chi connectivity index (χ0) is 29.2. The van der Waals surface area contributed by atoms with Crippen LogP contribution in [0.3, 0.4) is 0 Å². The second kappa shape index (κ2) is 28.9. The van der Waals surface area contributed by atoms with E-state index in [0.717, 1.165) is 9.80 Å². The summed E-state index contributed by atoms with van der Waals surface area (Å²) in [5.74, 6) is -4.91. The largest absolute Gasteiger partial charge is 1.00 e. The summed E-state index contributed by atoms with van der Waals surface area (Å²) in [5.41, 5.74) is 0. The predicted molar refractivity (Wildman–Crippen MR) is 99.6 cm³/mol. The molecule has 0 amide bonds. The molecule has 0 fully saturated rings. The number of hydrogen-bond donors (Lipinski definition) is 10. The van der Waals surface area contributed by atoms with Crippen LogP contribution in [0.4, 0.5) is 0 Å². The summed E-state index contributed by atoms with van der Waals surface area (Å²) in [6, 6.07) is 0. The number of hydrogen-bond acceptors (Lipinski definition) is 12. The van der Waals surface area contributed by atoms with Gasteiger partial charge < -0.3 is 64.5 Å². The van der Waals surface area contributed by atoms with Crippen LogP contribution in [0.5, 0.6) is 0 Å². The van der Waals surface area contributed by atoms with Crippen LogP contribution in [0, 0.1) is 0 Å². The van der Waals surface area contributed by atoms with Crippen LogP contribution >= 0.6 is 23.5 Å². The van der Waals surface area contributed by atoms with Gasteiger partial charge in [0.05, 0.1) is 26.2 Å². The molecule has 0 aromatic carbocycles. The van der Waals surface area contributed by atoms with Crippen molar-refractivity contribution in [3.05, 3.63) is 0 Å². The summed E-state index contributed by atoms with van der Waals surface area (Å²) in [5, 5.41) is 34.5. The molecule has 28 heteroatoms. The van der Waals surface area contributed by atoms with Crippen molar-refractivity contribution in [1.29, 1.82) is 0 Å². The second-order valence-electron chi connectivity index (χ2n) is 5.47. The molecule has 0 radical (unpaired) electrons. The van der Waals surface area contributed by atoms with E-state index in [-0.39, 0.29) is 124 Å². The van der Waals surface area contributed by atoms with Crippen molar-refractivity contribution in [2.24, 2.45) is 0 Å². The predicted octanol–water partition coefficient (Wildman–Crippen LogP) is -15.7. The first-order valence-electron chi connectivity index (χ1n) is 7.82. The summed E-state index contributed by atoms with van der Waals surface area (Å²) >= 11 is 0. The van der Waals surface area contributed by atoms with Gasteiger partial charge in [0.2, 0.25) is 0 Å². The zero-order valence-corrected chi connectivity index (χ0v) is 29.8. The maximum atomic E-state index is 10.6. The molecule has 0 aliphatic rings. The third-order valence-corrected chi connectivity index (χ3v) is 2.17. The molecule has 0 heterocycles. The summed E-state index contributed by atoms with van der Waals surface area (Å²) in [6.45, 7) is -2.25. The SMILES string of the molecule is O=C(O)CN(CCN(CC(=O)O)CC(=O)O)CC(=O)O.O=P([O-])(O)O.O=P([O-])(O)O.O=P([O-])(O)O.[K+].[Na+].[Na+]. The Morgan fingerprint density at radius 3 is 0.684 bits per heavy atom. The smallest absolute Gasteiger partial charge is 0.756 e. The molecule has 0 unspecified atom stereocenters. The molecule has 210 valence electrons. The monoisotopic (exact) mass is 668 g/mol. The van der Waals surface area contributed by atoms with Gasteiger partial charge in [-0.05, 0) is 0 Å². The Labute approximate surface area is 300 Å². The summed E-state index contributed by atoms with van der Waals surface area (Å²) < 4.78 is 26.3. The number of rotatable bonds is 11. The van der Waals surface area contributed by atoms with Crippen molar-refractivity contribution in [3.8, 4) is 0 Å². The Bertz CT molecular complexity index is 677. The Kier molecular flexibility index (Phi) is 42.3. The Hall–Kier alpha value is 1.77. The van der Waals surface area contributed by atoms with Crippen LogP contribution in [0.25, 0.3) is 0 Å². The molecule has 0 rings (SSSR count). The Morgan fingerprint density at radius 2 is 0.605 bits per heavy atom. The van der Waals surface area contributed by atoms with Gasteiger partial charge in [-0.2, -0.15) is 0 Å². The molecule has 0 saturated heterocycles. The van der Waals surface area contributed by atoms with E-state index >= 15 is 0 Å². The first kappa shape index (κ1) is 55.7. The van der Waals surface area contributed by atoms with Crippen molar-refractivity contribution in [3.63, 3.8) is 0 Å². The molecule has 0 spiro atoms. The van der Waals surface area contributed by atoms with Gasteiger partial charge in [0, 0.05) is 13.1 Å². The van der Waals surface area contributed by atoms with Gasteiger partial charge >= 0.3 is 134 Å². The topological polar surface area (TPSA) is 397 Å². The number of phosphoric acid groups is 3. The number of carboxylic acid groups (broad SMARTS) is 4. The van der Waals surface area contributed by atoms with E-state index < -0.39 is 73.5 Å². The first-order valence-corrected chi connectivity index (χ1v) is 12.4. The maximum absolute atomic E-state index is 10.6. The average Bonchev–Trinajstić information content (AvgIpc) is 2.45. The van der Waals surface area contributed by atoms with Gasteiger partial charge in [0.15, 0.2) is 0 Å². The van der Waals surface area contributed by atoms with Crippen LogP contribution in [-0.2, 0) is 32.9 Å². The summed E-state index contributed by atoms with van der Waals surface area (Å²) in [7, 11) is -14.7. The molecule has 0 saturated carbocycles. The fourth-order valence-electron chi connectivity index (χ4n) is 1.48.